The average Bonchev–Trinajstić information content (AvgIpc) is 2.71. The molecule has 146 valence electrons. The Morgan fingerprint density at radius 3 is 2.50 bits per heavy atom. The lowest BCUT2D eigenvalue weighted by atomic mass is 9.95. The molecule has 0 bridgehead atoms. The summed E-state index contributed by atoms with van der Waals surface area (Å²) in [6, 6.07) is 11.1. The van der Waals surface area contributed by atoms with E-state index in [9.17, 15) is 9.90 Å². The van der Waals surface area contributed by atoms with E-state index in [-0.39, 0.29) is 12.2 Å². The van der Waals surface area contributed by atoms with Crippen molar-refractivity contribution in [3.8, 4) is 11.5 Å². The molecule has 2 heterocycles. The van der Waals surface area contributed by atoms with Crippen molar-refractivity contribution in [2.45, 2.75) is 26.2 Å². The maximum absolute atomic E-state index is 12.9. The molecule has 0 saturated heterocycles. The Hall–Kier alpha value is -2.90. The highest BCUT2D eigenvalue weighted by molar-refractivity contribution is 5.83. The summed E-state index contributed by atoms with van der Waals surface area (Å²) in [5.74, 6) is 1.33. The van der Waals surface area contributed by atoms with Crippen LogP contribution in [0.2, 0.25) is 0 Å². The van der Waals surface area contributed by atoms with Crippen LogP contribution in [0.25, 0.3) is 10.8 Å². The van der Waals surface area contributed by atoms with E-state index >= 15 is 0 Å². The number of rotatable bonds is 4. The van der Waals surface area contributed by atoms with Crippen molar-refractivity contribution in [2.24, 2.45) is 0 Å². The van der Waals surface area contributed by atoms with Gasteiger partial charge in [0.05, 0.1) is 38.1 Å². The maximum Gasteiger partial charge on any atom is 0.275 e. The summed E-state index contributed by atoms with van der Waals surface area (Å²) < 4.78 is 12.4. The molecule has 2 aromatic carbocycles. The molecule has 4 rings (SSSR count). The summed E-state index contributed by atoms with van der Waals surface area (Å²) in [7, 11) is 3.19. The molecule has 1 atom stereocenters. The Morgan fingerprint density at radius 2 is 1.79 bits per heavy atom. The normalized spacial score (nSPS) is 16.8. The number of benzene rings is 2. The van der Waals surface area contributed by atoms with Crippen LogP contribution in [0.3, 0.4) is 0 Å². The molecule has 1 aromatic heterocycles. The minimum Gasteiger partial charge on any atom is -0.496 e. The van der Waals surface area contributed by atoms with Crippen LogP contribution >= 0.6 is 0 Å². The standard InChI is InChI=1S/C21H23N3O4/c1-13-14-6-4-5-7-15(14)21(26)24(22-13)12-23-10-16-18(27-2)8-9-19(28-3)20(16)17(25)11-23/h4-9,17,25H,10-12H2,1-3H3/t17-/m0/s1. The molecule has 7 heteroatoms. The lowest BCUT2D eigenvalue weighted by Crippen LogP contribution is -2.39. The van der Waals surface area contributed by atoms with Crippen LogP contribution in [0.5, 0.6) is 11.5 Å². The Balaban J connectivity index is 1.71. The lowest BCUT2D eigenvalue weighted by Gasteiger charge is -2.33. The molecule has 0 spiro atoms. The monoisotopic (exact) mass is 381 g/mol. The first kappa shape index (κ1) is 18.5. The number of fused-ring (bicyclic) bond motifs is 2. The fourth-order valence-corrected chi connectivity index (χ4v) is 3.94. The van der Waals surface area contributed by atoms with Gasteiger partial charge in [0.15, 0.2) is 0 Å². The van der Waals surface area contributed by atoms with Gasteiger partial charge in [-0.2, -0.15) is 5.10 Å². The highest BCUT2D eigenvalue weighted by Crippen LogP contribution is 2.39. The largest absolute Gasteiger partial charge is 0.496 e. The van der Waals surface area contributed by atoms with Crippen molar-refractivity contribution in [3.05, 3.63) is 63.6 Å². The first-order valence-corrected chi connectivity index (χ1v) is 9.14. The summed E-state index contributed by atoms with van der Waals surface area (Å²) in [6.07, 6.45) is -0.744. The van der Waals surface area contributed by atoms with Gasteiger partial charge in [-0.05, 0) is 25.1 Å². The molecule has 3 aromatic rings. The van der Waals surface area contributed by atoms with Crippen molar-refractivity contribution >= 4 is 10.8 Å². The molecule has 28 heavy (non-hydrogen) atoms. The number of aliphatic hydroxyl groups is 1. The first-order chi connectivity index (χ1) is 13.5. The molecule has 0 unspecified atom stereocenters. The third-order valence-corrected chi connectivity index (χ3v) is 5.25. The number of aliphatic hydroxyl groups excluding tert-OH is 1. The van der Waals surface area contributed by atoms with Crippen LogP contribution in [-0.2, 0) is 13.2 Å². The van der Waals surface area contributed by atoms with Crippen molar-refractivity contribution in [1.82, 2.24) is 14.7 Å². The minimum atomic E-state index is -0.744. The minimum absolute atomic E-state index is 0.140. The van der Waals surface area contributed by atoms with Gasteiger partial charge < -0.3 is 14.6 Å². The maximum atomic E-state index is 12.9. The number of hydrogen-bond donors (Lipinski definition) is 1. The van der Waals surface area contributed by atoms with E-state index < -0.39 is 6.10 Å². The molecule has 7 nitrogen and oxygen atoms in total. The smallest absolute Gasteiger partial charge is 0.275 e. The van der Waals surface area contributed by atoms with Gasteiger partial charge in [-0.3, -0.25) is 9.69 Å². The summed E-state index contributed by atoms with van der Waals surface area (Å²) in [5, 5.41) is 16.7. The Kier molecular flexibility index (Phi) is 4.78. The number of hydrogen-bond acceptors (Lipinski definition) is 6. The van der Waals surface area contributed by atoms with Crippen LogP contribution in [0, 0.1) is 6.92 Å². The van der Waals surface area contributed by atoms with Gasteiger partial charge >= 0.3 is 0 Å². The fraction of sp³-hybridized carbons (Fsp3) is 0.333. The third-order valence-electron chi connectivity index (χ3n) is 5.25. The summed E-state index contributed by atoms with van der Waals surface area (Å²) in [6.45, 7) is 3.07. The molecule has 0 saturated carbocycles. The van der Waals surface area contributed by atoms with E-state index in [4.69, 9.17) is 9.47 Å². The summed E-state index contributed by atoms with van der Waals surface area (Å²) in [5.41, 5.74) is 2.27. The predicted molar refractivity (Wildman–Crippen MR) is 106 cm³/mol. The predicted octanol–water partition coefficient (Wildman–Crippen LogP) is 2.23. The second kappa shape index (κ2) is 7.26. The van der Waals surface area contributed by atoms with Crippen LogP contribution in [-0.4, -0.2) is 40.6 Å². The first-order valence-electron chi connectivity index (χ1n) is 9.14. The van der Waals surface area contributed by atoms with E-state index in [1.807, 2.05) is 42.2 Å². The average molecular weight is 381 g/mol. The molecular weight excluding hydrogens is 358 g/mol. The number of methoxy groups -OCH3 is 2. The van der Waals surface area contributed by atoms with E-state index in [0.717, 1.165) is 22.2 Å². The van der Waals surface area contributed by atoms with Crippen molar-refractivity contribution in [3.63, 3.8) is 0 Å². The number of ether oxygens (including phenoxy) is 2. The van der Waals surface area contributed by atoms with Gasteiger partial charge in [-0.1, -0.05) is 18.2 Å². The Labute approximate surface area is 162 Å². The van der Waals surface area contributed by atoms with Crippen LogP contribution in [0.1, 0.15) is 22.9 Å². The van der Waals surface area contributed by atoms with Crippen molar-refractivity contribution < 1.29 is 14.6 Å². The number of aryl methyl sites for hydroxylation is 1. The number of β-amino-alcohol motifs (C(OH)–C–C–N with tert-alkyl or cyclic N) is 1. The highest BCUT2D eigenvalue weighted by Gasteiger charge is 2.30. The fourth-order valence-electron chi connectivity index (χ4n) is 3.94. The second-order valence-electron chi connectivity index (χ2n) is 6.97. The zero-order valence-electron chi connectivity index (χ0n) is 16.2. The second-order valence-corrected chi connectivity index (χ2v) is 6.97. The Morgan fingerprint density at radius 1 is 1.11 bits per heavy atom. The van der Waals surface area contributed by atoms with Gasteiger partial charge in [-0.25, -0.2) is 4.68 Å². The summed E-state index contributed by atoms with van der Waals surface area (Å²) in [4.78, 5) is 14.9. The van der Waals surface area contributed by atoms with Gasteiger partial charge in [-0.15, -0.1) is 0 Å². The molecule has 1 N–H and O–H groups in total. The molecular formula is C21H23N3O4. The van der Waals surface area contributed by atoms with Crippen molar-refractivity contribution in [1.29, 1.82) is 0 Å². The van der Waals surface area contributed by atoms with Crippen LogP contribution < -0.4 is 15.0 Å². The van der Waals surface area contributed by atoms with Gasteiger partial charge in [0.1, 0.15) is 11.5 Å². The van der Waals surface area contributed by atoms with E-state index in [1.165, 1.54) is 4.68 Å². The van der Waals surface area contributed by atoms with E-state index in [1.54, 1.807) is 20.3 Å². The third kappa shape index (κ3) is 3.02. The molecule has 0 fully saturated rings. The molecule has 0 aliphatic carbocycles. The quantitative estimate of drug-likeness (QED) is 0.747. The zero-order valence-corrected chi connectivity index (χ0v) is 16.2. The van der Waals surface area contributed by atoms with Gasteiger partial charge in [0, 0.05) is 29.6 Å². The van der Waals surface area contributed by atoms with Gasteiger partial charge in [0.2, 0.25) is 0 Å². The van der Waals surface area contributed by atoms with E-state index in [0.29, 0.717) is 30.0 Å². The number of aromatic nitrogens is 2. The van der Waals surface area contributed by atoms with Crippen LogP contribution in [0.15, 0.2) is 41.2 Å². The van der Waals surface area contributed by atoms with Crippen LogP contribution in [0.4, 0.5) is 0 Å². The summed E-state index contributed by atoms with van der Waals surface area (Å²) >= 11 is 0. The SMILES string of the molecule is COc1ccc(OC)c2c1CN(Cn1nc(C)c3ccccc3c1=O)C[C@@H]2O. The zero-order chi connectivity index (χ0) is 19.8. The molecule has 0 radical (unpaired) electrons. The Bertz CT molecular complexity index is 1090. The number of nitrogens with zero attached hydrogens (tertiary/aromatic N) is 3. The lowest BCUT2D eigenvalue weighted by molar-refractivity contribution is 0.0662. The van der Waals surface area contributed by atoms with E-state index in [2.05, 4.69) is 5.10 Å². The topological polar surface area (TPSA) is 76.8 Å². The molecule has 0 amide bonds. The van der Waals surface area contributed by atoms with Crippen molar-refractivity contribution in [2.75, 3.05) is 20.8 Å². The molecule has 1 aliphatic heterocycles. The van der Waals surface area contributed by atoms with Gasteiger partial charge in [0.25, 0.3) is 5.56 Å². The highest BCUT2D eigenvalue weighted by atomic mass is 16.5. The molecule has 1 aliphatic rings.